The molecule has 0 aromatic carbocycles. The first-order valence-electron chi connectivity index (χ1n) is 4.26. The van der Waals surface area contributed by atoms with Crippen LogP contribution in [0.25, 0.3) is 0 Å². The molecule has 0 radical (unpaired) electrons. The first-order valence-corrected chi connectivity index (χ1v) is 4.26. The molecular weight excluding hydrogens is 191 g/mol. The molecule has 1 aromatic rings. The van der Waals surface area contributed by atoms with E-state index in [1.54, 1.807) is 20.8 Å². The van der Waals surface area contributed by atoms with E-state index in [4.69, 9.17) is 0 Å². The van der Waals surface area contributed by atoms with Gasteiger partial charge in [-0.1, -0.05) is 20.8 Å². The van der Waals surface area contributed by atoms with Crippen LogP contribution < -0.4 is 0 Å². The predicted octanol–water partition coefficient (Wildman–Crippen LogP) is 3.10. The van der Waals surface area contributed by atoms with E-state index in [1.165, 1.54) is 6.92 Å². The molecule has 0 spiro atoms. The van der Waals surface area contributed by atoms with Crippen LogP contribution in [0, 0.1) is 24.6 Å². The van der Waals surface area contributed by atoms with E-state index in [0.29, 0.717) is 0 Å². The summed E-state index contributed by atoms with van der Waals surface area (Å²) in [5.41, 5.74) is -0.530. The van der Waals surface area contributed by atoms with Crippen LogP contribution in [-0.4, -0.2) is 4.98 Å². The van der Waals surface area contributed by atoms with Crippen LogP contribution in [0.4, 0.5) is 13.2 Å². The molecule has 1 rings (SSSR count). The predicted molar refractivity (Wildman–Crippen MR) is 47.5 cm³/mol. The highest BCUT2D eigenvalue weighted by atomic mass is 19.2. The summed E-state index contributed by atoms with van der Waals surface area (Å²) in [6.45, 7) is 6.47. The van der Waals surface area contributed by atoms with Crippen molar-refractivity contribution >= 4 is 0 Å². The maximum atomic E-state index is 13.3. The van der Waals surface area contributed by atoms with Crippen molar-refractivity contribution in [1.29, 1.82) is 0 Å². The third-order valence-electron chi connectivity index (χ3n) is 2.03. The Balaban J connectivity index is 3.56. The van der Waals surface area contributed by atoms with Gasteiger partial charge in [0.05, 0.1) is 0 Å². The van der Waals surface area contributed by atoms with Crippen LogP contribution in [0.1, 0.15) is 31.9 Å². The zero-order chi connectivity index (χ0) is 11.1. The Morgan fingerprint density at radius 2 is 1.50 bits per heavy atom. The molecule has 0 fully saturated rings. The summed E-state index contributed by atoms with van der Waals surface area (Å²) in [4.78, 5) is 2.84. The molecule has 0 aliphatic rings. The Labute approximate surface area is 81.0 Å². The summed E-state index contributed by atoms with van der Waals surface area (Å²) in [7, 11) is 0. The van der Waals surface area contributed by atoms with Crippen molar-refractivity contribution in [3.63, 3.8) is 0 Å². The van der Waals surface area contributed by atoms with E-state index in [-0.39, 0.29) is 11.1 Å². The molecule has 1 heterocycles. The SMILES string of the molecule is Cc1c(F)nc(F)c(F)c1C(C)(C)C. The molecule has 78 valence electrons. The summed E-state index contributed by atoms with van der Waals surface area (Å²) in [6, 6.07) is 0. The summed E-state index contributed by atoms with van der Waals surface area (Å²) >= 11 is 0. The lowest BCUT2D eigenvalue weighted by Gasteiger charge is -2.22. The van der Waals surface area contributed by atoms with Crippen molar-refractivity contribution in [2.75, 3.05) is 0 Å². The molecule has 1 nitrogen and oxygen atoms in total. The van der Waals surface area contributed by atoms with Crippen molar-refractivity contribution in [1.82, 2.24) is 4.98 Å². The van der Waals surface area contributed by atoms with Gasteiger partial charge in [0.15, 0.2) is 5.82 Å². The van der Waals surface area contributed by atoms with Gasteiger partial charge in [0.1, 0.15) is 0 Å². The van der Waals surface area contributed by atoms with Gasteiger partial charge < -0.3 is 0 Å². The number of hydrogen-bond donors (Lipinski definition) is 0. The van der Waals surface area contributed by atoms with Crippen LogP contribution >= 0.6 is 0 Å². The standard InChI is InChI=1S/C10H12F3N/c1-5-6(10(2,3)4)7(11)9(13)14-8(5)12/h1-4H3. The van der Waals surface area contributed by atoms with Crippen molar-refractivity contribution in [2.24, 2.45) is 0 Å². The fraction of sp³-hybridized carbons (Fsp3) is 0.500. The van der Waals surface area contributed by atoms with Gasteiger partial charge in [0.25, 0.3) is 5.95 Å². The Morgan fingerprint density at radius 1 is 1.00 bits per heavy atom. The fourth-order valence-corrected chi connectivity index (χ4v) is 1.48. The number of rotatable bonds is 0. The maximum Gasteiger partial charge on any atom is 0.251 e. The third kappa shape index (κ3) is 1.74. The largest absolute Gasteiger partial charge is 0.251 e. The molecule has 0 aliphatic carbocycles. The van der Waals surface area contributed by atoms with Gasteiger partial charge in [-0.2, -0.15) is 13.8 Å². The second-order valence-corrected chi connectivity index (χ2v) is 4.26. The van der Waals surface area contributed by atoms with E-state index < -0.39 is 23.1 Å². The van der Waals surface area contributed by atoms with Crippen LogP contribution in [0.3, 0.4) is 0 Å². The Bertz CT molecular complexity index is 340. The minimum Gasteiger partial charge on any atom is -0.202 e. The van der Waals surface area contributed by atoms with E-state index in [2.05, 4.69) is 4.98 Å². The Kier molecular flexibility index (Phi) is 2.56. The molecule has 0 amide bonds. The van der Waals surface area contributed by atoms with Gasteiger partial charge in [-0.05, 0) is 12.3 Å². The smallest absolute Gasteiger partial charge is 0.202 e. The third-order valence-corrected chi connectivity index (χ3v) is 2.03. The quantitative estimate of drug-likeness (QED) is 0.590. The molecular formula is C10H12F3N. The minimum atomic E-state index is -1.38. The van der Waals surface area contributed by atoms with E-state index in [0.717, 1.165) is 0 Å². The Morgan fingerprint density at radius 3 is 1.93 bits per heavy atom. The lowest BCUT2D eigenvalue weighted by molar-refractivity contribution is 0.412. The van der Waals surface area contributed by atoms with Crippen LogP contribution in [-0.2, 0) is 5.41 Å². The van der Waals surface area contributed by atoms with Crippen molar-refractivity contribution < 1.29 is 13.2 Å². The average Bonchev–Trinajstić information content (AvgIpc) is 1.98. The van der Waals surface area contributed by atoms with Crippen molar-refractivity contribution in [3.05, 3.63) is 28.8 Å². The second-order valence-electron chi connectivity index (χ2n) is 4.26. The first-order chi connectivity index (χ1) is 6.25. The van der Waals surface area contributed by atoms with Crippen LogP contribution in [0.15, 0.2) is 0 Å². The lowest BCUT2D eigenvalue weighted by Crippen LogP contribution is -2.19. The normalized spacial score (nSPS) is 11.9. The van der Waals surface area contributed by atoms with E-state index >= 15 is 0 Å². The van der Waals surface area contributed by atoms with Crippen molar-refractivity contribution in [3.8, 4) is 0 Å². The molecule has 0 saturated carbocycles. The average molecular weight is 203 g/mol. The molecule has 1 aromatic heterocycles. The van der Waals surface area contributed by atoms with E-state index in [1.807, 2.05) is 0 Å². The summed E-state index contributed by atoms with van der Waals surface area (Å²) < 4.78 is 39.2. The number of hydrogen-bond acceptors (Lipinski definition) is 1. The fourth-order valence-electron chi connectivity index (χ4n) is 1.48. The number of pyridine rings is 1. The molecule has 0 N–H and O–H groups in total. The highest BCUT2D eigenvalue weighted by molar-refractivity contribution is 5.31. The molecule has 14 heavy (non-hydrogen) atoms. The van der Waals surface area contributed by atoms with Gasteiger partial charge in [0, 0.05) is 11.1 Å². The highest BCUT2D eigenvalue weighted by Crippen LogP contribution is 2.29. The van der Waals surface area contributed by atoms with Crippen LogP contribution in [0.2, 0.25) is 0 Å². The molecule has 0 unspecified atom stereocenters. The van der Waals surface area contributed by atoms with Gasteiger partial charge in [-0.15, -0.1) is 0 Å². The monoisotopic (exact) mass is 203 g/mol. The van der Waals surface area contributed by atoms with Gasteiger partial charge in [-0.25, -0.2) is 4.39 Å². The maximum absolute atomic E-state index is 13.3. The molecule has 4 heteroatoms. The zero-order valence-electron chi connectivity index (χ0n) is 8.58. The van der Waals surface area contributed by atoms with Crippen LogP contribution in [0.5, 0.6) is 0 Å². The number of halogens is 3. The summed E-state index contributed by atoms with van der Waals surface area (Å²) in [5.74, 6) is -3.39. The summed E-state index contributed by atoms with van der Waals surface area (Å²) in [5, 5.41) is 0. The molecule has 0 atom stereocenters. The lowest BCUT2D eigenvalue weighted by atomic mass is 9.84. The summed E-state index contributed by atoms with van der Waals surface area (Å²) in [6.07, 6.45) is 0. The number of aromatic nitrogens is 1. The van der Waals surface area contributed by atoms with E-state index in [9.17, 15) is 13.2 Å². The minimum absolute atomic E-state index is 0.0440. The molecule has 0 bridgehead atoms. The van der Waals surface area contributed by atoms with Crippen molar-refractivity contribution in [2.45, 2.75) is 33.1 Å². The van der Waals surface area contributed by atoms with Gasteiger partial charge in [-0.3, -0.25) is 0 Å². The zero-order valence-corrected chi connectivity index (χ0v) is 8.58. The highest BCUT2D eigenvalue weighted by Gasteiger charge is 2.26. The Hall–Kier alpha value is -1.06. The van der Waals surface area contributed by atoms with Gasteiger partial charge in [0.2, 0.25) is 5.95 Å². The second kappa shape index (κ2) is 3.26. The topological polar surface area (TPSA) is 12.9 Å². The number of nitrogens with zero attached hydrogens (tertiary/aromatic N) is 1. The first kappa shape index (κ1) is 11.0. The molecule has 0 saturated heterocycles. The van der Waals surface area contributed by atoms with Gasteiger partial charge >= 0.3 is 0 Å². The molecule has 0 aliphatic heterocycles.